The number of ether oxygens (including phenoxy) is 1. The SMILES string of the molecule is [C-]#[N+]c1ccc(O)c(C(=O)Nc2nccn2COCC[Si](C)(C)C)c1-c1cccc(F)c1Cl. The zero-order valence-corrected chi connectivity index (χ0v) is 20.3. The third-order valence-electron chi connectivity index (χ3n) is 4.90. The lowest BCUT2D eigenvalue weighted by Gasteiger charge is -2.17. The standard InChI is InChI=1S/C23H24ClFN4O3Si/c1-26-17-8-9-18(30)20(19(17)15-6-5-7-16(25)21(15)24)22(31)28-23-27-10-11-29(23)14-32-12-13-33(2,3)4/h5-11,30H,12-14H2,2-4H3,(H,27,28,31). The second kappa shape index (κ2) is 10.2. The molecule has 0 saturated carbocycles. The minimum Gasteiger partial charge on any atom is -0.507 e. The van der Waals surface area contributed by atoms with Crippen molar-refractivity contribution in [1.82, 2.24) is 9.55 Å². The number of halogens is 2. The first kappa shape index (κ1) is 24.4. The Morgan fingerprint density at radius 2 is 2.09 bits per heavy atom. The Bertz CT molecular complexity index is 1220. The minimum atomic E-state index is -1.23. The maximum atomic E-state index is 14.1. The number of anilines is 1. The Hall–Kier alpha value is -3.19. The number of rotatable bonds is 8. The van der Waals surface area contributed by atoms with E-state index in [1.807, 2.05) is 0 Å². The molecule has 0 atom stereocenters. The van der Waals surface area contributed by atoms with Crippen LogP contribution in [0, 0.1) is 12.4 Å². The summed E-state index contributed by atoms with van der Waals surface area (Å²) >= 11 is 6.14. The molecule has 10 heteroatoms. The number of amides is 1. The van der Waals surface area contributed by atoms with E-state index >= 15 is 0 Å². The van der Waals surface area contributed by atoms with Crippen molar-refractivity contribution in [1.29, 1.82) is 0 Å². The molecular weight excluding hydrogens is 463 g/mol. The van der Waals surface area contributed by atoms with Gasteiger partial charge in [0.2, 0.25) is 5.95 Å². The van der Waals surface area contributed by atoms with Crippen LogP contribution < -0.4 is 5.32 Å². The third-order valence-corrected chi connectivity index (χ3v) is 6.99. The normalized spacial score (nSPS) is 11.3. The number of nitrogens with one attached hydrogen (secondary N) is 1. The first-order chi connectivity index (χ1) is 15.6. The predicted octanol–water partition coefficient (Wildman–Crippen LogP) is 6.16. The van der Waals surface area contributed by atoms with Gasteiger partial charge in [0, 0.05) is 32.6 Å². The van der Waals surface area contributed by atoms with Crippen molar-refractivity contribution < 1.29 is 19.0 Å². The summed E-state index contributed by atoms with van der Waals surface area (Å²) in [7, 11) is -1.23. The molecule has 0 aliphatic heterocycles. The highest BCUT2D eigenvalue weighted by Gasteiger charge is 2.24. The van der Waals surface area contributed by atoms with Crippen LogP contribution in [-0.2, 0) is 11.5 Å². The quantitative estimate of drug-likeness (QED) is 0.227. The predicted molar refractivity (Wildman–Crippen MR) is 129 cm³/mol. The number of aromatic hydroxyl groups is 1. The van der Waals surface area contributed by atoms with Gasteiger partial charge in [0.25, 0.3) is 5.91 Å². The van der Waals surface area contributed by atoms with Crippen molar-refractivity contribution in [3.63, 3.8) is 0 Å². The molecule has 1 amide bonds. The highest BCUT2D eigenvalue weighted by Crippen LogP contribution is 2.42. The molecule has 0 saturated heterocycles. The number of hydrogen-bond acceptors (Lipinski definition) is 4. The number of carbonyl (C=O) groups excluding carboxylic acids is 1. The number of aromatic nitrogens is 2. The summed E-state index contributed by atoms with van der Waals surface area (Å²) in [4.78, 5) is 20.8. The molecule has 0 radical (unpaired) electrons. The second-order valence-electron chi connectivity index (χ2n) is 8.59. The fourth-order valence-electron chi connectivity index (χ4n) is 3.12. The molecule has 0 bridgehead atoms. The Morgan fingerprint density at radius 1 is 1.33 bits per heavy atom. The highest BCUT2D eigenvalue weighted by atomic mass is 35.5. The number of benzene rings is 2. The van der Waals surface area contributed by atoms with E-state index in [0.717, 1.165) is 6.04 Å². The van der Waals surface area contributed by atoms with E-state index in [9.17, 15) is 14.3 Å². The zero-order valence-electron chi connectivity index (χ0n) is 18.5. The molecule has 3 aromatic rings. The smallest absolute Gasteiger partial charge is 0.261 e. The molecule has 33 heavy (non-hydrogen) atoms. The van der Waals surface area contributed by atoms with Crippen molar-refractivity contribution in [2.45, 2.75) is 32.4 Å². The number of nitrogens with zero attached hydrogens (tertiary/aromatic N) is 3. The summed E-state index contributed by atoms with van der Waals surface area (Å²) in [6.07, 6.45) is 3.17. The van der Waals surface area contributed by atoms with Crippen LogP contribution in [0.25, 0.3) is 16.0 Å². The molecule has 1 aromatic heterocycles. The van der Waals surface area contributed by atoms with Crippen LogP contribution in [0.5, 0.6) is 5.75 Å². The minimum absolute atomic E-state index is 0.0384. The lowest BCUT2D eigenvalue weighted by molar-refractivity contribution is 0.0879. The lowest BCUT2D eigenvalue weighted by Crippen LogP contribution is -2.22. The third kappa shape index (κ3) is 5.79. The molecular formula is C23H24ClFN4O3Si. The van der Waals surface area contributed by atoms with Gasteiger partial charge < -0.3 is 9.84 Å². The van der Waals surface area contributed by atoms with Crippen molar-refractivity contribution in [2.24, 2.45) is 0 Å². The van der Waals surface area contributed by atoms with Gasteiger partial charge in [0.15, 0.2) is 5.69 Å². The maximum absolute atomic E-state index is 14.1. The average Bonchev–Trinajstić information content (AvgIpc) is 3.19. The van der Waals surface area contributed by atoms with Crippen molar-refractivity contribution in [3.8, 4) is 16.9 Å². The van der Waals surface area contributed by atoms with Gasteiger partial charge in [-0.15, -0.1) is 0 Å². The monoisotopic (exact) mass is 486 g/mol. The van der Waals surface area contributed by atoms with Gasteiger partial charge in [-0.25, -0.2) is 14.2 Å². The number of carbonyl (C=O) groups is 1. The van der Waals surface area contributed by atoms with Crippen LogP contribution in [0.2, 0.25) is 30.7 Å². The number of imidazole rings is 1. The Balaban J connectivity index is 1.91. The van der Waals surface area contributed by atoms with E-state index in [2.05, 4.69) is 34.8 Å². The molecule has 2 N–H and O–H groups in total. The molecule has 2 aromatic carbocycles. The molecule has 172 valence electrons. The van der Waals surface area contributed by atoms with E-state index in [4.69, 9.17) is 22.9 Å². The summed E-state index contributed by atoms with van der Waals surface area (Å²) in [5.74, 6) is -1.59. The van der Waals surface area contributed by atoms with Gasteiger partial charge in [-0.1, -0.05) is 49.4 Å². The number of phenolic OH excluding ortho intramolecular Hbond substituents is 1. The van der Waals surface area contributed by atoms with Crippen molar-refractivity contribution >= 4 is 37.2 Å². The van der Waals surface area contributed by atoms with E-state index in [1.54, 1.807) is 10.8 Å². The second-order valence-corrected chi connectivity index (χ2v) is 14.6. The summed E-state index contributed by atoms with van der Waals surface area (Å²) in [6, 6.07) is 7.66. The molecule has 0 spiro atoms. The summed E-state index contributed by atoms with van der Waals surface area (Å²) in [5.41, 5.74) is 0.00639. The van der Waals surface area contributed by atoms with Crippen LogP contribution in [0.3, 0.4) is 0 Å². The lowest BCUT2D eigenvalue weighted by atomic mass is 9.96. The fourth-order valence-corrected chi connectivity index (χ4v) is 4.09. The van der Waals surface area contributed by atoms with Crippen LogP contribution in [0.4, 0.5) is 16.0 Å². The van der Waals surface area contributed by atoms with E-state index in [0.29, 0.717) is 6.61 Å². The Kier molecular flexibility index (Phi) is 7.53. The van der Waals surface area contributed by atoms with Crippen molar-refractivity contribution in [2.75, 3.05) is 11.9 Å². The van der Waals surface area contributed by atoms with E-state index < -0.39 is 19.8 Å². The van der Waals surface area contributed by atoms with E-state index in [-0.39, 0.29) is 45.8 Å². The largest absolute Gasteiger partial charge is 0.507 e. The zero-order chi connectivity index (χ0) is 24.2. The summed E-state index contributed by atoms with van der Waals surface area (Å²) in [5, 5.41) is 12.9. The number of phenols is 1. The average molecular weight is 487 g/mol. The van der Waals surface area contributed by atoms with Crippen LogP contribution in [0.1, 0.15) is 10.4 Å². The first-order valence-electron chi connectivity index (χ1n) is 10.2. The first-order valence-corrected chi connectivity index (χ1v) is 14.3. The maximum Gasteiger partial charge on any atom is 0.261 e. The van der Waals surface area contributed by atoms with Gasteiger partial charge in [0.1, 0.15) is 18.3 Å². The van der Waals surface area contributed by atoms with Gasteiger partial charge >= 0.3 is 0 Å². The van der Waals surface area contributed by atoms with Crippen LogP contribution >= 0.6 is 11.6 Å². The van der Waals surface area contributed by atoms with Gasteiger partial charge in [-0.3, -0.25) is 14.7 Å². The molecule has 7 nitrogen and oxygen atoms in total. The fraction of sp³-hybridized carbons (Fsp3) is 0.261. The Morgan fingerprint density at radius 3 is 2.79 bits per heavy atom. The van der Waals surface area contributed by atoms with Crippen molar-refractivity contribution in [3.05, 3.63) is 70.5 Å². The molecule has 1 heterocycles. The molecule has 3 rings (SSSR count). The number of hydrogen-bond donors (Lipinski definition) is 2. The Labute approximate surface area is 197 Å². The van der Waals surface area contributed by atoms with Crippen LogP contribution in [-0.4, -0.2) is 35.2 Å². The van der Waals surface area contributed by atoms with Gasteiger partial charge in [-0.2, -0.15) is 0 Å². The van der Waals surface area contributed by atoms with Gasteiger partial charge in [-0.05, 0) is 23.7 Å². The summed E-state index contributed by atoms with van der Waals surface area (Å²) in [6.45, 7) is 15.0. The highest BCUT2D eigenvalue weighted by molar-refractivity contribution is 6.76. The molecule has 0 unspecified atom stereocenters. The molecule has 0 aliphatic carbocycles. The van der Waals surface area contributed by atoms with Crippen LogP contribution in [0.15, 0.2) is 42.7 Å². The topological polar surface area (TPSA) is 80.7 Å². The van der Waals surface area contributed by atoms with Gasteiger partial charge in [0.05, 0.1) is 17.2 Å². The molecule has 0 aliphatic rings. The molecule has 0 fully saturated rings. The summed E-state index contributed by atoms with van der Waals surface area (Å²) < 4.78 is 21.5. The van der Waals surface area contributed by atoms with E-state index in [1.165, 1.54) is 36.5 Å².